The lowest BCUT2D eigenvalue weighted by atomic mass is 9.93. The number of benzene rings is 1. The fourth-order valence-electron chi connectivity index (χ4n) is 2.57. The van der Waals surface area contributed by atoms with Crippen LogP contribution in [0.15, 0.2) is 29.3 Å². The second-order valence-electron chi connectivity index (χ2n) is 5.36. The summed E-state index contributed by atoms with van der Waals surface area (Å²) in [6, 6.07) is 8.28. The van der Waals surface area contributed by atoms with Gasteiger partial charge in [-0.05, 0) is 31.4 Å². The Hall–Kier alpha value is -1.02. The Bertz CT molecular complexity index is 483. The maximum absolute atomic E-state index is 5.71. The van der Waals surface area contributed by atoms with Gasteiger partial charge in [0.25, 0.3) is 0 Å². The van der Waals surface area contributed by atoms with Crippen molar-refractivity contribution in [2.24, 2.45) is 4.99 Å². The van der Waals surface area contributed by atoms with Gasteiger partial charge in [-0.2, -0.15) is 0 Å². The molecule has 130 valence electrons. The van der Waals surface area contributed by atoms with Gasteiger partial charge in [-0.3, -0.25) is 4.99 Å². The van der Waals surface area contributed by atoms with Crippen molar-refractivity contribution in [2.75, 3.05) is 40.0 Å². The molecule has 5 nitrogen and oxygen atoms in total. The van der Waals surface area contributed by atoms with Crippen molar-refractivity contribution in [3.63, 3.8) is 0 Å². The quantitative estimate of drug-likeness (QED) is 0.301. The van der Waals surface area contributed by atoms with Gasteiger partial charge >= 0.3 is 0 Å². The van der Waals surface area contributed by atoms with E-state index in [0.29, 0.717) is 5.92 Å². The molecule has 2 N–H and O–H groups in total. The smallest absolute Gasteiger partial charge is 0.191 e. The van der Waals surface area contributed by atoms with E-state index in [1.165, 1.54) is 5.56 Å². The zero-order valence-electron chi connectivity index (χ0n) is 14.0. The van der Waals surface area contributed by atoms with Gasteiger partial charge in [0, 0.05) is 39.3 Å². The van der Waals surface area contributed by atoms with Gasteiger partial charge in [-0.25, -0.2) is 0 Å². The maximum Gasteiger partial charge on any atom is 0.191 e. The molecule has 1 aliphatic heterocycles. The highest BCUT2D eigenvalue weighted by Crippen LogP contribution is 2.33. The molecular formula is C17H28IN3O2. The minimum atomic E-state index is 0. The van der Waals surface area contributed by atoms with Crippen molar-refractivity contribution >= 4 is 29.9 Å². The second-order valence-corrected chi connectivity index (χ2v) is 5.36. The SMILES string of the molecule is CCNC(=NCC1CCOc2ccccc21)NCCCOC.I. The number of fused-ring (bicyclic) bond motifs is 1. The predicted molar refractivity (Wildman–Crippen MR) is 105 cm³/mol. The van der Waals surface area contributed by atoms with E-state index in [9.17, 15) is 0 Å². The van der Waals surface area contributed by atoms with Gasteiger partial charge < -0.3 is 20.1 Å². The molecule has 6 heteroatoms. The highest BCUT2D eigenvalue weighted by Gasteiger charge is 2.20. The summed E-state index contributed by atoms with van der Waals surface area (Å²) >= 11 is 0. The molecule has 0 saturated carbocycles. The average Bonchev–Trinajstić information content (AvgIpc) is 2.56. The summed E-state index contributed by atoms with van der Waals surface area (Å²) in [5.74, 6) is 2.31. The third-order valence-electron chi connectivity index (χ3n) is 3.71. The fourth-order valence-corrected chi connectivity index (χ4v) is 2.57. The number of nitrogens with one attached hydrogen (secondary N) is 2. The zero-order valence-corrected chi connectivity index (χ0v) is 16.3. The Balaban J connectivity index is 0.00000264. The Morgan fingerprint density at radius 3 is 2.96 bits per heavy atom. The standard InChI is InChI=1S/C17H27N3O2.HI/c1-3-18-17(19-10-6-11-21-2)20-13-14-9-12-22-16-8-5-4-7-15(14)16;/h4-5,7-8,14H,3,6,9-13H2,1-2H3,(H2,18,19,20);1H. The summed E-state index contributed by atoms with van der Waals surface area (Å²) in [7, 11) is 1.72. The molecule has 0 saturated heterocycles. The molecule has 0 amide bonds. The van der Waals surface area contributed by atoms with Crippen molar-refractivity contribution in [3.05, 3.63) is 29.8 Å². The summed E-state index contributed by atoms with van der Waals surface area (Å²) in [4.78, 5) is 4.73. The number of methoxy groups -OCH3 is 1. The number of para-hydroxylation sites is 1. The predicted octanol–water partition coefficient (Wildman–Crippen LogP) is 2.76. The van der Waals surface area contributed by atoms with Crippen molar-refractivity contribution in [3.8, 4) is 5.75 Å². The molecule has 2 rings (SSSR count). The van der Waals surface area contributed by atoms with Crippen LogP contribution in [0.1, 0.15) is 31.2 Å². The number of rotatable bonds is 7. The summed E-state index contributed by atoms with van der Waals surface area (Å²) in [6.45, 7) is 6.12. The van der Waals surface area contributed by atoms with Gasteiger partial charge in [-0.15, -0.1) is 24.0 Å². The maximum atomic E-state index is 5.71. The van der Waals surface area contributed by atoms with Crippen LogP contribution in [0.25, 0.3) is 0 Å². The molecule has 0 fully saturated rings. The van der Waals surface area contributed by atoms with E-state index in [0.717, 1.165) is 57.4 Å². The van der Waals surface area contributed by atoms with E-state index in [2.05, 4.69) is 29.7 Å². The third-order valence-corrected chi connectivity index (χ3v) is 3.71. The Morgan fingerprint density at radius 1 is 1.35 bits per heavy atom. The minimum absolute atomic E-state index is 0. The molecule has 0 radical (unpaired) electrons. The van der Waals surface area contributed by atoms with E-state index >= 15 is 0 Å². The lowest BCUT2D eigenvalue weighted by Gasteiger charge is -2.25. The van der Waals surface area contributed by atoms with Gasteiger partial charge in [0.05, 0.1) is 6.61 Å². The topological polar surface area (TPSA) is 54.9 Å². The Kier molecular flexibility index (Phi) is 10.0. The van der Waals surface area contributed by atoms with Crippen LogP contribution >= 0.6 is 24.0 Å². The van der Waals surface area contributed by atoms with Crippen molar-refractivity contribution in [1.82, 2.24) is 10.6 Å². The van der Waals surface area contributed by atoms with E-state index in [-0.39, 0.29) is 24.0 Å². The minimum Gasteiger partial charge on any atom is -0.493 e. The van der Waals surface area contributed by atoms with Crippen molar-refractivity contribution in [2.45, 2.75) is 25.7 Å². The normalized spacial score (nSPS) is 16.8. The van der Waals surface area contributed by atoms with E-state index < -0.39 is 0 Å². The molecule has 1 unspecified atom stereocenters. The number of hydrogen-bond acceptors (Lipinski definition) is 3. The lowest BCUT2D eigenvalue weighted by Crippen LogP contribution is -2.38. The highest BCUT2D eigenvalue weighted by atomic mass is 127. The molecule has 1 aromatic rings. The van der Waals surface area contributed by atoms with Crippen LogP contribution in [0.4, 0.5) is 0 Å². The summed E-state index contributed by atoms with van der Waals surface area (Å²) in [6.07, 6.45) is 1.99. The first kappa shape index (κ1) is 20.0. The Morgan fingerprint density at radius 2 is 2.17 bits per heavy atom. The Labute approximate surface area is 156 Å². The van der Waals surface area contributed by atoms with Crippen LogP contribution in [0.5, 0.6) is 5.75 Å². The number of hydrogen-bond donors (Lipinski definition) is 2. The summed E-state index contributed by atoms with van der Waals surface area (Å²) in [5, 5.41) is 6.64. The van der Waals surface area contributed by atoms with Crippen LogP contribution < -0.4 is 15.4 Å². The van der Waals surface area contributed by atoms with E-state index in [1.54, 1.807) is 7.11 Å². The van der Waals surface area contributed by atoms with E-state index in [4.69, 9.17) is 14.5 Å². The van der Waals surface area contributed by atoms with Crippen LogP contribution in [-0.2, 0) is 4.74 Å². The number of nitrogens with zero attached hydrogens (tertiary/aromatic N) is 1. The number of halogens is 1. The summed E-state index contributed by atoms with van der Waals surface area (Å²) < 4.78 is 10.8. The number of guanidine groups is 1. The van der Waals surface area contributed by atoms with Crippen LogP contribution in [0.2, 0.25) is 0 Å². The van der Waals surface area contributed by atoms with Gasteiger partial charge in [0.2, 0.25) is 0 Å². The molecule has 1 heterocycles. The zero-order chi connectivity index (χ0) is 15.6. The summed E-state index contributed by atoms with van der Waals surface area (Å²) in [5.41, 5.74) is 1.27. The average molecular weight is 433 g/mol. The van der Waals surface area contributed by atoms with E-state index in [1.807, 2.05) is 12.1 Å². The first-order chi connectivity index (χ1) is 10.8. The number of ether oxygens (including phenoxy) is 2. The third kappa shape index (κ3) is 6.55. The molecular weight excluding hydrogens is 405 g/mol. The first-order valence-corrected chi connectivity index (χ1v) is 8.08. The van der Waals surface area contributed by atoms with Gasteiger partial charge in [0.15, 0.2) is 5.96 Å². The largest absolute Gasteiger partial charge is 0.493 e. The van der Waals surface area contributed by atoms with Crippen molar-refractivity contribution < 1.29 is 9.47 Å². The van der Waals surface area contributed by atoms with Crippen molar-refractivity contribution in [1.29, 1.82) is 0 Å². The lowest BCUT2D eigenvalue weighted by molar-refractivity contribution is 0.195. The molecule has 0 aromatic heterocycles. The molecule has 1 aromatic carbocycles. The van der Waals surface area contributed by atoms with Crippen LogP contribution in [0.3, 0.4) is 0 Å². The second kappa shape index (κ2) is 11.5. The molecule has 1 aliphatic rings. The number of aliphatic imine (C=N–C) groups is 1. The first-order valence-electron chi connectivity index (χ1n) is 8.08. The van der Waals surface area contributed by atoms with Crippen LogP contribution in [-0.4, -0.2) is 45.9 Å². The fraction of sp³-hybridized carbons (Fsp3) is 0.588. The highest BCUT2D eigenvalue weighted by molar-refractivity contribution is 14.0. The van der Waals surface area contributed by atoms with Crippen LogP contribution in [0, 0.1) is 0 Å². The molecule has 0 spiro atoms. The van der Waals surface area contributed by atoms with Gasteiger partial charge in [-0.1, -0.05) is 18.2 Å². The van der Waals surface area contributed by atoms with Gasteiger partial charge in [0.1, 0.15) is 5.75 Å². The molecule has 0 bridgehead atoms. The molecule has 23 heavy (non-hydrogen) atoms. The molecule has 1 atom stereocenters. The molecule has 0 aliphatic carbocycles. The monoisotopic (exact) mass is 433 g/mol.